The highest BCUT2D eigenvalue weighted by Gasteiger charge is 2.21. The Labute approximate surface area is 102 Å². The van der Waals surface area contributed by atoms with Crippen LogP contribution in [-0.2, 0) is 17.6 Å². The Morgan fingerprint density at radius 1 is 1.24 bits per heavy atom. The molecule has 0 fully saturated rings. The summed E-state index contributed by atoms with van der Waals surface area (Å²) < 4.78 is 0. The molecule has 0 saturated heterocycles. The van der Waals surface area contributed by atoms with Crippen molar-refractivity contribution in [1.82, 2.24) is 5.32 Å². The normalized spacial score (nSPS) is 14.6. The van der Waals surface area contributed by atoms with Crippen LogP contribution >= 0.6 is 0 Å². The van der Waals surface area contributed by atoms with Gasteiger partial charge < -0.3 is 11.1 Å². The number of fused-ring (bicyclic) bond motifs is 1. The van der Waals surface area contributed by atoms with Crippen molar-refractivity contribution in [2.75, 3.05) is 6.54 Å². The van der Waals surface area contributed by atoms with Gasteiger partial charge in [-0.3, -0.25) is 4.79 Å². The zero-order valence-electron chi connectivity index (χ0n) is 10.1. The summed E-state index contributed by atoms with van der Waals surface area (Å²) in [5.74, 6) is 0.163. The van der Waals surface area contributed by atoms with Gasteiger partial charge in [-0.1, -0.05) is 24.3 Å². The van der Waals surface area contributed by atoms with Gasteiger partial charge >= 0.3 is 0 Å². The van der Waals surface area contributed by atoms with Crippen LogP contribution < -0.4 is 11.1 Å². The molecule has 1 aliphatic carbocycles. The Morgan fingerprint density at radius 2 is 1.88 bits per heavy atom. The first-order chi connectivity index (χ1) is 8.29. The predicted octanol–water partition coefficient (Wildman–Crippen LogP) is 1.40. The monoisotopic (exact) mass is 232 g/mol. The van der Waals surface area contributed by atoms with Crippen LogP contribution in [0.25, 0.3) is 0 Å². The second-order valence-electron chi connectivity index (χ2n) is 4.69. The van der Waals surface area contributed by atoms with Crippen molar-refractivity contribution < 1.29 is 4.79 Å². The highest BCUT2D eigenvalue weighted by atomic mass is 16.1. The van der Waals surface area contributed by atoms with Crippen LogP contribution in [0.2, 0.25) is 0 Å². The molecule has 1 amide bonds. The summed E-state index contributed by atoms with van der Waals surface area (Å²) in [7, 11) is 0. The maximum absolute atomic E-state index is 11.7. The molecule has 3 heteroatoms. The molecule has 1 aliphatic rings. The van der Waals surface area contributed by atoms with Crippen molar-refractivity contribution in [1.29, 1.82) is 0 Å². The number of carbonyl (C=O) groups is 1. The van der Waals surface area contributed by atoms with E-state index in [2.05, 4.69) is 29.6 Å². The fourth-order valence-corrected chi connectivity index (χ4v) is 2.39. The average Bonchev–Trinajstić information content (AvgIpc) is 2.71. The Hall–Kier alpha value is -1.35. The Morgan fingerprint density at radius 3 is 2.47 bits per heavy atom. The largest absolute Gasteiger partial charge is 0.353 e. The lowest BCUT2D eigenvalue weighted by atomic mass is 10.1. The number of benzene rings is 1. The van der Waals surface area contributed by atoms with Gasteiger partial charge in [0, 0.05) is 12.5 Å². The van der Waals surface area contributed by atoms with Gasteiger partial charge in [0.05, 0.1) is 0 Å². The molecule has 17 heavy (non-hydrogen) atoms. The number of nitrogens with two attached hydrogens (primary N) is 1. The Bertz CT molecular complexity index is 365. The summed E-state index contributed by atoms with van der Waals surface area (Å²) in [5, 5.41) is 3.10. The minimum Gasteiger partial charge on any atom is -0.353 e. The molecule has 1 aromatic rings. The van der Waals surface area contributed by atoms with Gasteiger partial charge in [-0.25, -0.2) is 0 Å². The van der Waals surface area contributed by atoms with E-state index in [-0.39, 0.29) is 11.9 Å². The Balaban J connectivity index is 1.77. The number of hydrogen-bond donors (Lipinski definition) is 2. The lowest BCUT2D eigenvalue weighted by molar-refractivity contribution is -0.121. The number of amides is 1. The number of hydrogen-bond acceptors (Lipinski definition) is 2. The van der Waals surface area contributed by atoms with Gasteiger partial charge in [-0.05, 0) is 43.4 Å². The summed E-state index contributed by atoms with van der Waals surface area (Å²) in [4.78, 5) is 11.7. The third-order valence-electron chi connectivity index (χ3n) is 3.27. The van der Waals surface area contributed by atoms with Crippen LogP contribution in [0.15, 0.2) is 24.3 Å². The van der Waals surface area contributed by atoms with E-state index in [0.717, 1.165) is 25.7 Å². The number of carbonyl (C=O) groups excluding carboxylic acids is 1. The molecule has 0 aliphatic heterocycles. The van der Waals surface area contributed by atoms with Gasteiger partial charge in [0.2, 0.25) is 5.91 Å². The number of rotatable bonds is 5. The minimum absolute atomic E-state index is 0.163. The van der Waals surface area contributed by atoms with Crippen molar-refractivity contribution in [2.45, 2.75) is 38.1 Å². The van der Waals surface area contributed by atoms with E-state index >= 15 is 0 Å². The molecule has 0 bridgehead atoms. The maximum atomic E-state index is 11.7. The summed E-state index contributed by atoms with van der Waals surface area (Å²) in [6.45, 7) is 0.669. The van der Waals surface area contributed by atoms with E-state index < -0.39 is 0 Å². The predicted molar refractivity (Wildman–Crippen MR) is 68.7 cm³/mol. The summed E-state index contributed by atoms with van der Waals surface area (Å²) in [6.07, 6.45) is 4.36. The van der Waals surface area contributed by atoms with Gasteiger partial charge in [-0.15, -0.1) is 0 Å². The molecule has 0 radical (unpaired) electrons. The molecule has 3 nitrogen and oxygen atoms in total. The van der Waals surface area contributed by atoms with Gasteiger partial charge in [-0.2, -0.15) is 0 Å². The fourth-order valence-electron chi connectivity index (χ4n) is 2.39. The molecule has 0 heterocycles. The van der Waals surface area contributed by atoms with E-state index in [1.54, 1.807) is 0 Å². The van der Waals surface area contributed by atoms with Gasteiger partial charge in [0.15, 0.2) is 0 Å². The molecular weight excluding hydrogens is 212 g/mol. The molecule has 92 valence electrons. The SMILES string of the molecule is NCCCCC(=O)NC1Cc2ccccc2C1. The van der Waals surface area contributed by atoms with Crippen LogP contribution in [0, 0.1) is 0 Å². The Kier molecular flexibility index (Phi) is 4.15. The second kappa shape index (κ2) is 5.82. The van der Waals surface area contributed by atoms with Crippen molar-refractivity contribution in [2.24, 2.45) is 5.73 Å². The first kappa shape index (κ1) is 12.1. The smallest absolute Gasteiger partial charge is 0.220 e. The quantitative estimate of drug-likeness (QED) is 0.754. The van der Waals surface area contributed by atoms with E-state index in [1.165, 1.54) is 11.1 Å². The van der Waals surface area contributed by atoms with Crippen LogP contribution in [0.4, 0.5) is 0 Å². The van der Waals surface area contributed by atoms with Gasteiger partial charge in [0.25, 0.3) is 0 Å². The third kappa shape index (κ3) is 3.30. The first-order valence-corrected chi connectivity index (χ1v) is 6.36. The molecule has 0 spiro atoms. The molecule has 3 N–H and O–H groups in total. The molecule has 0 saturated carbocycles. The zero-order chi connectivity index (χ0) is 12.1. The lowest BCUT2D eigenvalue weighted by Crippen LogP contribution is -2.35. The summed E-state index contributed by atoms with van der Waals surface area (Å²) >= 11 is 0. The second-order valence-corrected chi connectivity index (χ2v) is 4.69. The van der Waals surface area contributed by atoms with Crippen LogP contribution in [0.3, 0.4) is 0 Å². The minimum atomic E-state index is 0.163. The lowest BCUT2D eigenvalue weighted by Gasteiger charge is -2.11. The van der Waals surface area contributed by atoms with Crippen LogP contribution in [0.1, 0.15) is 30.4 Å². The average molecular weight is 232 g/mol. The topological polar surface area (TPSA) is 55.1 Å². The zero-order valence-corrected chi connectivity index (χ0v) is 10.1. The molecule has 2 rings (SSSR count). The molecule has 0 atom stereocenters. The van der Waals surface area contributed by atoms with E-state index in [1.807, 2.05) is 0 Å². The standard InChI is InChI=1S/C14H20N2O/c15-8-4-3-7-14(17)16-13-9-11-5-1-2-6-12(11)10-13/h1-2,5-6,13H,3-4,7-10,15H2,(H,16,17). The summed E-state index contributed by atoms with van der Waals surface area (Å²) in [5.41, 5.74) is 8.15. The van der Waals surface area contributed by atoms with E-state index in [4.69, 9.17) is 5.73 Å². The summed E-state index contributed by atoms with van der Waals surface area (Å²) in [6, 6.07) is 8.71. The van der Waals surface area contributed by atoms with Crippen molar-refractivity contribution in [3.05, 3.63) is 35.4 Å². The van der Waals surface area contributed by atoms with Crippen molar-refractivity contribution in [3.63, 3.8) is 0 Å². The van der Waals surface area contributed by atoms with E-state index in [9.17, 15) is 4.79 Å². The third-order valence-corrected chi connectivity index (χ3v) is 3.27. The van der Waals surface area contributed by atoms with Crippen LogP contribution in [-0.4, -0.2) is 18.5 Å². The maximum Gasteiger partial charge on any atom is 0.220 e. The number of nitrogens with one attached hydrogen (secondary N) is 1. The molecule has 0 unspecified atom stereocenters. The van der Waals surface area contributed by atoms with Gasteiger partial charge in [0.1, 0.15) is 0 Å². The molecular formula is C14H20N2O. The first-order valence-electron chi connectivity index (χ1n) is 6.36. The molecule has 0 aromatic heterocycles. The number of unbranched alkanes of at least 4 members (excludes halogenated alkanes) is 1. The highest BCUT2D eigenvalue weighted by molar-refractivity contribution is 5.76. The molecule has 1 aromatic carbocycles. The highest BCUT2D eigenvalue weighted by Crippen LogP contribution is 2.21. The van der Waals surface area contributed by atoms with Crippen molar-refractivity contribution in [3.8, 4) is 0 Å². The van der Waals surface area contributed by atoms with E-state index in [0.29, 0.717) is 13.0 Å². The van der Waals surface area contributed by atoms with Crippen LogP contribution in [0.5, 0.6) is 0 Å². The van der Waals surface area contributed by atoms with Crippen molar-refractivity contribution >= 4 is 5.91 Å². The fraction of sp³-hybridized carbons (Fsp3) is 0.500.